The fourth-order valence-corrected chi connectivity index (χ4v) is 4.14. The van der Waals surface area contributed by atoms with E-state index in [-0.39, 0.29) is 5.91 Å². The Morgan fingerprint density at radius 3 is 1.96 bits per heavy atom. The normalized spacial score (nSPS) is 13.4. The molecule has 1 aromatic rings. The van der Waals surface area contributed by atoms with Gasteiger partial charge in [0, 0.05) is 12.1 Å². The van der Waals surface area contributed by atoms with Crippen molar-refractivity contribution >= 4 is 5.91 Å². The van der Waals surface area contributed by atoms with Gasteiger partial charge in [0.15, 0.2) is 0 Å². The zero-order valence-electron chi connectivity index (χ0n) is 17.7. The Balaban J connectivity index is 1.44. The summed E-state index contributed by atoms with van der Waals surface area (Å²) in [4.78, 5) is 12.3. The molecular weight excluding hydrogens is 330 g/mol. The first-order valence-electron chi connectivity index (χ1n) is 11.7. The maximum Gasteiger partial charge on any atom is 0.251 e. The highest BCUT2D eigenvalue weighted by atomic mass is 16.1. The van der Waals surface area contributed by atoms with Crippen LogP contribution < -0.4 is 5.32 Å². The summed E-state index contributed by atoms with van der Waals surface area (Å²) in [6.07, 6.45) is 21.1. The van der Waals surface area contributed by atoms with Crippen LogP contribution in [-0.2, 0) is 12.8 Å². The van der Waals surface area contributed by atoms with Gasteiger partial charge in [0.1, 0.15) is 0 Å². The Morgan fingerprint density at radius 2 is 1.33 bits per heavy atom. The van der Waals surface area contributed by atoms with Gasteiger partial charge in [-0.15, -0.1) is 0 Å². The predicted molar refractivity (Wildman–Crippen MR) is 116 cm³/mol. The minimum absolute atomic E-state index is 0.103. The van der Waals surface area contributed by atoms with Crippen molar-refractivity contribution in [2.24, 2.45) is 0 Å². The Morgan fingerprint density at radius 1 is 0.778 bits per heavy atom. The fourth-order valence-electron chi connectivity index (χ4n) is 4.14. The van der Waals surface area contributed by atoms with E-state index in [4.69, 9.17) is 0 Å². The third kappa shape index (κ3) is 8.95. The van der Waals surface area contributed by atoms with E-state index in [1.807, 2.05) is 6.07 Å². The molecule has 0 spiro atoms. The maximum absolute atomic E-state index is 12.3. The van der Waals surface area contributed by atoms with Crippen molar-refractivity contribution in [3.05, 3.63) is 34.9 Å². The second-order valence-corrected chi connectivity index (χ2v) is 8.34. The van der Waals surface area contributed by atoms with Crippen LogP contribution in [0.1, 0.15) is 118 Å². The van der Waals surface area contributed by atoms with Gasteiger partial charge in [-0.3, -0.25) is 4.79 Å². The minimum Gasteiger partial charge on any atom is -0.352 e. The molecule has 0 unspecified atom stereocenters. The summed E-state index contributed by atoms with van der Waals surface area (Å²) in [7, 11) is 0. The van der Waals surface area contributed by atoms with Crippen LogP contribution in [0.2, 0.25) is 0 Å². The second-order valence-electron chi connectivity index (χ2n) is 8.34. The van der Waals surface area contributed by atoms with Crippen molar-refractivity contribution in [3.8, 4) is 0 Å². The number of fused-ring (bicyclic) bond motifs is 1. The average molecular weight is 372 g/mol. The van der Waals surface area contributed by atoms with Gasteiger partial charge in [-0.1, -0.05) is 83.6 Å². The molecule has 2 nitrogen and oxygen atoms in total. The van der Waals surface area contributed by atoms with Crippen LogP contribution in [0.3, 0.4) is 0 Å². The second kappa shape index (κ2) is 13.8. The number of carbonyl (C=O) groups excluding carboxylic acids is 1. The van der Waals surface area contributed by atoms with Gasteiger partial charge in [0.2, 0.25) is 0 Å². The first kappa shape index (κ1) is 22.0. The Kier molecular flexibility index (Phi) is 11.2. The summed E-state index contributed by atoms with van der Waals surface area (Å²) >= 11 is 0. The SMILES string of the molecule is CCCCCCCCCCCCCCNC(=O)c1ccc2c(c1)CCCC2. The van der Waals surface area contributed by atoms with E-state index in [0.29, 0.717) is 0 Å². The Hall–Kier alpha value is -1.31. The average Bonchev–Trinajstić information content (AvgIpc) is 2.71. The maximum atomic E-state index is 12.3. The predicted octanol–water partition coefficient (Wildman–Crippen LogP) is 7.00. The van der Waals surface area contributed by atoms with E-state index in [1.54, 1.807) is 0 Å². The lowest BCUT2D eigenvalue weighted by Gasteiger charge is -2.16. The highest BCUT2D eigenvalue weighted by Crippen LogP contribution is 2.22. The molecule has 0 aromatic heterocycles. The van der Waals surface area contributed by atoms with Gasteiger partial charge in [-0.2, -0.15) is 0 Å². The molecule has 0 saturated heterocycles. The van der Waals surface area contributed by atoms with Crippen LogP contribution in [0.25, 0.3) is 0 Å². The number of amides is 1. The van der Waals surface area contributed by atoms with Gasteiger partial charge >= 0.3 is 0 Å². The molecule has 2 heteroatoms. The number of hydrogen-bond donors (Lipinski definition) is 1. The molecule has 1 amide bonds. The van der Waals surface area contributed by atoms with E-state index >= 15 is 0 Å². The first-order valence-corrected chi connectivity index (χ1v) is 11.7. The van der Waals surface area contributed by atoms with E-state index in [2.05, 4.69) is 24.4 Å². The van der Waals surface area contributed by atoms with Crippen molar-refractivity contribution in [1.29, 1.82) is 0 Å². The standard InChI is InChI=1S/C25H41NO/c1-2-3-4-5-6-7-8-9-10-11-12-15-20-26-25(27)24-19-18-22-16-13-14-17-23(22)21-24/h18-19,21H,2-17,20H2,1H3,(H,26,27). The molecule has 0 bridgehead atoms. The van der Waals surface area contributed by atoms with Crippen LogP contribution >= 0.6 is 0 Å². The van der Waals surface area contributed by atoms with E-state index in [0.717, 1.165) is 24.9 Å². The molecule has 1 N–H and O–H groups in total. The lowest BCUT2D eigenvalue weighted by atomic mass is 9.90. The summed E-state index contributed by atoms with van der Waals surface area (Å²) in [6, 6.07) is 6.28. The Labute approximate surface area is 167 Å². The summed E-state index contributed by atoms with van der Waals surface area (Å²) in [6.45, 7) is 3.09. The molecule has 1 aromatic carbocycles. The molecule has 0 radical (unpaired) electrons. The molecule has 0 aliphatic heterocycles. The van der Waals surface area contributed by atoms with Crippen molar-refractivity contribution in [2.75, 3.05) is 6.54 Å². The number of carbonyl (C=O) groups is 1. The van der Waals surface area contributed by atoms with Crippen molar-refractivity contribution in [1.82, 2.24) is 5.32 Å². The van der Waals surface area contributed by atoms with Crippen molar-refractivity contribution in [2.45, 2.75) is 110 Å². The molecule has 0 fully saturated rings. The Bertz CT molecular complexity index is 537. The fraction of sp³-hybridized carbons (Fsp3) is 0.720. The zero-order chi connectivity index (χ0) is 19.2. The monoisotopic (exact) mass is 371 g/mol. The highest BCUT2D eigenvalue weighted by Gasteiger charge is 2.12. The smallest absolute Gasteiger partial charge is 0.251 e. The van der Waals surface area contributed by atoms with E-state index in [9.17, 15) is 4.79 Å². The van der Waals surface area contributed by atoms with E-state index in [1.165, 1.54) is 101 Å². The number of nitrogens with one attached hydrogen (secondary N) is 1. The molecule has 152 valence electrons. The van der Waals surface area contributed by atoms with E-state index < -0.39 is 0 Å². The van der Waals surface area contributed by atoms with Crippen molar-refractivity contribution in [3.63, 3.8) is 0 Å². The molecule has 1 aliphatic rings. The van der Waals surface area contributed by atoms with Gasteiger partial charge in [-0.05, 0) is 55.4 Å². The lowest BCUT2D eigenvalue weighted by molar-refractivity contribution is 0.0953. The molecule has 0 saturated carbocycles. The minimum atomic E-state index is 0.103. The number of hydrogen-bond acceptors (Lipinski definition) is 1. The van der Waals surface area contributed by atoms with Crippen LogP contribution in [0.5, 0.6) is 0 Å². The topological polar surface area (TPSA) is 29.1 Å². The third-order valence-electron chi connectivity index (χ3n) is 5.93. The van der Waals surface area contributed by atoms with Gasteiger partial charge in [-0.25, -0.2) is 0 Å². The van der Waals surface area contributed by atoms with Crippen molar-refractivity contribution < 1.29 is 4.79 Å². The molecule has 0 atom stereocenters. The van der Waals surface area contributed by atoms with Crippen LogP contribution in [-0.4, -0.2) is 12.5 Å². The molecule has 0 heterocycles. The number of unbranched alkanes of at least 4 members (excludes halogenated alkanes) is 11. The third-order valence-corrected chi connectivity index (χ3v) is 5.93. The highest BCUT2D eigenvalue weighted by molar-refractivity contribution is 5.94. The largest absolute Gasteiger partial charge is 0.352 e. The molecular formula is C25H41NO. The number of rotatable bonds is 14. The summed E-state index contributed by atoms with van der Waals surface area (Å²) in [5.74, 6) is 0.103. The summed E-state index contributed by atoms with van der Waals surface area (Å²) in [5, 5.41) is 3.10. The first-order chi connectivity index (χ1) is 13.3. The van der Waals surface area contributed by atoms with Crippen LogP contribution in [0.4, 0.5) is 0 Å². The number of benzene rings is 1. The van der Waals surface area contributed by atoms with Gasteiger partial charge in [0.05, 0.1) is 0 Å². The number of aryl methyl sites for hydroxylation is 2. The van der Waals surface area contributed by atoms with Crippen LogP contribution in [0, 0.1) is 0 Å². The lowest BCUT2D eigenvalue weighted by Crippen LogP contribution is -2.24. The summed E-state index contributed by atoms with van der Waals surface area (Å²) < 4.78 is 0. The zero-order valence-corrected chi connectivity index (χ0v) is 17.7. The van der Waals surface area contributed by atoms with Gasteiger partial charge < -0.3 is 5.32 Å². The summed E-state index contributed by atoms with van der Waals surface area (Å²) in [5.41, 5.74) is 3.67. The molecule has 27 heavy (non-hydrogen) atoms. The van der Waals surface area contributed by atoms with Gasteiger partial charge in [0.25, 0.3) is 5.91 Å². The molecule has 1 aliphatic carbocycles. The van der Waals surface area contributed by atoms with Crippen LogP contribution in [0.15, 0.2) is 18.2 Å². The quantitative estimate of drug-likeness (QED) is 0.351. The molecule has 2 rings (SSSR count).